The van der Waals surface area contributed by atoms with Gasteiger partial charge in [-0.15, -0.1) is 5.10 Å². The van der Waals surface area contributed by atoms with E-state index >= 15 is 0 Å². The van der Waals surface area contributed by atoms with Gasteiger partial charge >= 0.3 is 0 Å². The number of para-hydroxylation sites is 1. The van der Waals surface area contributed by atoms with Crippen LogP contribution in [0, 0.1) is 0 Å². The van der Waals surface area contributed by atoms with Crippen molar-refractivity contribution < 1.29 is 0 Å². The number of nitrogens with zero attached hydrogens (tertiary/aromatic N) is 4. The molecule has 26 heavy (non-hydrogen) atoms. The van der Waals surface area contributed by atoms with E-state index in [0.29, 0.717) is 0 Å². The van der Waals surface area contributed by atoms with Crippen molar-refractivity contribution in [1.29, 1.82) is 0 Å². The van der Waals surface area contributed by atoms with Crippen LogP contribution in [0.15, 0.2) is 54.7 Å². The maximum absolute atomic E-state index is 5.95. The van der Waals surface area contributed by atoms with Crippen LogP contribution >= 0.6 is 11.6 Å². The molecule has 0 radical (unpaired) electrons. The van der Waals surface area contributed by atoms with E-state index in [1.165, 1.54) is 22.2 Å². The highest BCUT2D eigenvalue weighted by Crippen LogP contribution is 2.27. The predicted octanol–water partition coefficient (Wildman–Crippen LogP) is 3.96. The third-order valence-corrected chi connectivity index (χ3v) is 5.23. The zero-order chi connectivity index (χ0) is 17.5. The maximum atomic E-state index is 5.95. The normalized spacial score (nSPS) is 14.7. The first-order valence-electron chi connectivity index (χ1n) is 8.74. The van der Waals surface area contributed by atoms with E-state index in [-0.39, 0.29) is 0 Å². The minimum Gasteiger partial charge on any atom is -0.357 e. The molecule has 2 aromatic heterocycles. The molecule has 0 unspecified atom stereocenters. The van der Waals surface area contributed by atoms with Gasteiger partial charge in [0.05, 0.1) is 17.6 Å². The quantitative estimate of drug-likeness (QED) is 0.599. The zero-order valence-electron chi connectivity index (χ0n) is 14.2. The van der Waals surface area contributed by atoms with E-state index < -0.39 is 0 Å². The van der Waals surface area contributed by atoms with Crippen LogP contribution in [-0.2, 0) is 19.5 Å². The molecule has 1 N–H and O–H groups in total. The van der Waals surface area contributed by atoms with Crippen LogP contribution < -0.4 is 0 Å². The van der Waals surface area contributed by atoms with Crippen molar-refractivity contribution in [2.24, 2.45) is 0 Å². The summed E-state index contributed by atoms with van der Waals surface area (Å²) in [6, 6.07) is 16.2. The zero-order valence-corrected chi connectivity index (χ0v) is 14.9. The van der Waals surface area contributed by atoms with Gasteiger partial charge in [0.15, 0.2) is 0 Å². The van der Waals surface area contributed by atoms with Crippen LogP contribution in [0.3, 0.4) is 0 Å². The Bertz CT molecular complexity index is 1060. The van der Waals surface area contributed by atoms with Crippen LogP contribution in [0.4, 0.5) is 0 Å². The average molecular weight is 364 g/mol. The molecule has 0 saturated heterocycles. The summed E-state index contributed by atoms with van der Waals surface area (Å²) < 4.78 is 1.80. The Hall–Kier alpha value is -2.63. The Kier molecular flexibility index (Phi) is 3.76. The molecule has 130 valence electrons. The third kappa shape index (κ3) is 2.79. The summed E-state index contributed by atoms with van der Waals surface area (Å²) in [5.74, 6) is 0. The summed E-state index contributed by atoms with van der Waals surface area (Å²) in [7, 11) is 0. The molecule has 0 bridgehead atoms. The SMILES string of the molecule is Clc1ccc(-n2cc(CN3CCc4c([nH]c5ccccc45)C3)nn2)cc1. The summed E-state index contributed by atoms with van der Waals surface area (Å²) in [6.45, 7) is 2.74. The molecule has 0 saturated carbocycles. The molecular formula is C20H18ClN5. The number of aromatic amines is 1. The minimum absolute atomic E-state index is 0.719. The number of benzene rings is 2. The lowest BCUT2D eigenvalue weighted by atomic mass is 10.0. The van der Waals surface area contributed by atoms with Gasteiger partial charge in [-0.2, -0.15) is 0 Å². The average Bonchev–Trinajstić information content (AvgIpc) is 3.26. The molecule has 3 heterocycles. The first-order chi connectivity index (χ1) is 12.8. The lowest BCUT2D eigenvalue weighted by molar-refractivity contribution is 0.240. The molecule has 2 aromatic carbocycles. The molecule has 0 atom stereocenters. The maximum Gasteiger partial charge on any atom is 0.0971 e. The van der Waals surface area contributed by atoms with Crippen LogP contribution in [0.1, 0.15) is 17.0 Å². The Morgan fingerprint density at radius 1 is 1.08 bits per heavy atom. The third-order valence-electron chi connectivity index (χ3n) is 4.98. The smallest absolute Gasteiger partial charge is 0.0971 e. The monoisotopic (exact) mass is 363 g/mol. The molecule has 1 aliphatic rings. The van der Waals surface area contributed by atoms with Crippen molar-refractivity contribution in [2.45, 2.75) is 19.5 Å². The molecule has 4 aromatic rings. The number of fused-ring (bicyclic) bond motifs is 3. The fourth-order valence-corrected chi connectivity index (χ4v) is 3.83. The van der Waals surface area contributed by atoms with Gasteiger partial charge in [0, 0.05) is 41.3 Å². The van der Waals surface area contributed by atoms with Crippen LogP contribution in [0.2, 0.25) is 5.02 Å². The van der Waals surface area contributed by atoms with Crippen molar-refractivity contribution >= 4 is 22.5 Å². The molecule has 1 aliphatic heterocycles. The van der Waals surface area contributed by atoms with Crippen molar-refractivity contribution in [3.05, 3.63) is 76.7 Å². The molecule has 5 nitrogen and oxygen atoms in total. The van der Waals surface area contributed by atoms with Gasteiger partial charge in [-0.05, 0) is 42.3 Å². The van der Waals surface area contributed by atoms with E-state index in [0.717, 1.165) is 42.5 Å². The van der Waals surface area contributed by atoms with Crippen molar-refractivity contribution in [3.63, 3.8) is 0 Å². The number of H-pyrrole nitrogens is 1. The van der Waals surface area contributed by atoms with E-state index in [1.54, 1.807) is 4.68 Å². The number of aromatic nitrogens is 4. The van der Waals surface area contributed by atoms with Crippen molar-refractivity contribution in [2.75, 3.05) is 6.54 Å². The largest absolute Gasteiger partial charge is 0.357 e. The summed E-state index contributed by atoms with van der Waals surface area (Å²) >= 11 is 5.95. The van der Waals surface area contributed by atoms with Crippen LogP contribution in [0.25, 0.3) is 16.6 Å². The van der Waals surface area contributed by atoms with Gasteiger partial charge in [-0.1, -0.05) is 35.0 Å². The van der Waals surface area contributed by atoms with Gasteiger partial charge in [-0.25, -0.2) is 4.68 Å². The van der Waals surface area contributed by atoms with Crippen molar-refractivity contribution in [3.8, 4) is 5.69 Å². The van der Waals surface area contributed by atoms with Crippen LogP contribution in [-0.4, -0.2) is 31.4 Å². The van der Waals surface area contributed by atoms with Gasteiger partial charge in [0.1, 0.15) is 0 Å². The fraction of sp³-hybridized carbons (Fsp3) is 0.200. The molecular weight excluding hydrogens is 346 g/mol. The number of halogens is 1. The summed E-state index contributed by atoms with van der Waals surface area (Å²) in [5.41, 5.74) is 5.95. The van der Waals surface area contributed by atoms with Gasteiger partial charge in [0.2, 0.25) is 0 Å². The summed E-state index contributed by atoms with van der Waals surface area (Å²) in [5, 5.41) is 10.7. The van der Waals surface area contributed by atoms with Gasteiger partial charge in [0.25, 0.3) is 0 Å². The molecule has 0 spiro atoms. The Labute approximate surface area is 156 Å². The highest BCUT2D eigenvalue weighted by molar-refractivity contribution is 6.30. The Balaban J connectivity index is 1.34. The molecule has 0 aliphatic carbocycles. The van der Waals surface area contributed by atoms with E-state index in [9.17, 15) is 0 Å². The van der Waals surface area contributed by atoms with E-state index in [4.69, 9.17) is 11.6 Å². The molecule has 6 heteroatoms. The second-order valence-corrected chi connectivity index (χ2v) is 7.16. The number of hydrogen-bond acceptors (Lipinski definition) is 3. The lowest BCUT2D eigenvalue weighted by Gasteiger charge is -2.25. The number of nitrogens with one attached hydrogen (secondary N) is 1. The van der Waals surface area contributed by atoms with E-state index in [2.05, 4.69) is 44.5 Å². The van der Waals surface area contributed by atoms with Gasteiger partial charge < -0.3 is 4.98 Å². The topological polar surface area (TPSA) is 49.7 Å². The molecule has 5 rings (SSSR count). The minimum atomic E-state index is 0.719. The standard InChI is InChI=1S/C20H18ClN5/c21-14-5-7-16(8-6-14)26-12-15(23-24-26)11-25-10-9-18-17-3-1-2-4-19(17)22-20(18)13-25/h1-8,12,22H,9-11,13H2. The second-order valence-electron chi connectivity index (χ2n) is 6.72. The van der Waals surface area contributed by atoms with Crippen molar-refractivity contribution in [1.82, 2.24) is 24.9 Å². The lowest BCUT2D eigenvalue weighted by Crippen LogP contribution is -2.30. The number of hydrogen-bond donors (Lipinski definition) is 1. The highest BCUT2D eigenvalue weighted by atomic mass is 35.5. The Morgan fingerprint density at radius 3 is 2.81 bits per heavy atom. The summed E-state index contributed by atoms with van der Waals surface area (Å²) in [6.07, 6.45) is 3.05. The first kappa shape index (κ1) is 15.6. The molecule has 0 fully saturated rings. The first-order valence-corrected chi connectivity index (χ1v) is 9.12. The van der Waals surface area contributed by atoms with E-state index in [1.807, 2.05) is 30.5 Å². The van der Waals surface area contributed by atoms with Crippen LogP contribution in [0.5, 0.6) is 0 Å². The highest BCUT2D eigenvalue weighted by Gasteiger charge is 2.21. The predicted molar refractivity (Wildman–Crippen MR) is 102 cm³/mol. The number of rotatable bonds is 3. The summed E-state index contributed by atoms with van der Waals surface area (Å²) in [4.78, 5) is 5.98. The second kappa shape index (κ2) is 6.27. The molecule has 0 amide bonds. The van der Waals surface area contributed by atoms with Gasteiger partial charge in [-0.3, -0.25) is 4.90 Å². The Morgan fingerprint density at radius 2 is 1.92 bits per heavy atom. The fourth-order valence-electron chi connectivity index (χ4n) is 3.70.